The van der Waals surface area contributed by atoms with Gasteiger partial charge in [-0.2, -0.15) is 0 Å². The van der Waals surface area contributed by atoms with Crippen LogP contribution in [0, 0.1) is 0 Å². The van der Waals surface area contributed by atoms with Crippen LogP contribution >= 0.6 is 0 Å². The normalized spacial score (nSPS) is 16.6. The molecule has 7 heterocycles. The van der Waals surface area contributed by atoms with Crippen LogP contribution in [0.1, 0.15) is 17.3 Å². The maximum Gasteiger partial charge on any atom is 0.159 e. The van der Waals surface area contributed by atoms with Crippen molar-refractivity contribution in [2.24, 2.45) is 0 Å². The van der Waals surface area contributed by atoms with E-state index in [9.17, 15) is 0 Å². The highest BCUT2D eigenvalue weighted by Gasteiger charge is 2.40. The van der Waals surface area contributed by atoms with Gasteiger partial charge in [-0.3, -0.25) is 29.9 Å². The molecule has 9 aromatic rings. The zero-order valence-corrected chi connectivity index (χ0v) is 27.0. The van der Waals surface area contributed by atoms with Crippen molar-refractivity contribution in [3.8, 4) is 16.9 Å². The molecule has 240 valence electrons. The van der Waals surface area contributed by atoms with Crippen LogP contribution < -0.4 is 4.90 Å². The van der Waals surface area contributed by atoms with E-state index in [0.29, 0.717) is 0 Å². The van der Waals surface area contributed by atoms with Crippen LogP contribution in [0.15, 0.2) is 151 Å². The van der Waals surface area contributed by atoms with Crippen LogP contribution in [0.2, 0.25) is 0 Å². The van der Waals surface area contributed by atoms with Gasteiger partial charge in [-0.1, -0.05) is 48.6 Å². The van der Waals surface area contributed by atoms with Gasteiger partial charge in [-0.25, -0.2) is 0 Å². The number of allylic oxidation sites excluding steroid dienone is 2. The third-order valence-corrected chi connectivity index (χ3v) is 10.1. The minimum Gasteiger partial charge on any atom is -0.452 e. The second-order valence-corrected chi connectivity index (χ2v) is 12.8. The summed E-state index contributed by atoms with van der Waals surface area (Å²) < 4.78 is 9.31. The minimum atomic E-state index is 0.0144. The molecule has 2 aliphatic rings. The quantitative estimate of drug-likeness (QED) is 0.185. The molecule has 0 N–H and O–H groups in total. The summed E-state index contributed by atoms with van der Waals surface area (Å²) in [4.78, 5) is 29.8. The topological polar surface area (TPSA) is 98.7 Å². The Kier molecular flexibility index (Phi) is 5.88. The Morgan fingerprint density at radius 3 is 2.16 bits per heavy atom. The summed E-state index contributed by atoms with van der Waals surface area (Å²) in [7, 11) is 0. The average Bonchev–Trinajstić information content (AvgIpc) is 3.86. The van der Waals surface area contributed by atoms with Gasteiger partial charge >= 0.3 is 0 Å². The Morgan fingerprint density at radius 2 is 1.33 bits per heavy atom. The number of nitrogens with zero attached hydrogens (tertiary/aromatic N) is 8. The summed E-state index contributed by atoms with van der Waals surface area (Å²) in [6.07, 6.45) is 20.8. The number of rotatable bonds is 4. The molecule has 0 saturated heterocycles. The van der Waals surface area contributed by atoms with Gasteiger partial charge in [-0.15, -0.1) is 0 Å². The third kappa shape index (κ3) is 4.09. The first-order valence-corrected chi connectivity index (χ1v) is 16.8. The van der Waals surface area contributed by atoms with Crippen LogP contribution in [-0.2, 0) is 0 Å². The van der Waals surface area contributed by atoms with Gasteiger partial charge < -0.3 is 13.9 Å². The minimum absolute atomic E-state index is 0.0144. The standard InChI is InChI=1S/C42H26N8O/c1-5-27-28-6-2-8-38(50-34-14-12-26(32-24-44-18-20-46-32)22-30(34)40-36(50)10-4-16-48-40)42(28)51-41(27)37(7-1)49-33-13-11-25(31-23-43-17-19-45-31)21-29(33)39-35(49)9-3-15-47-39/h1-24,29,33H. The van der Waals surface area contributed by atoms with Crippen molar-refractivity contribution in [1.82, 2.24) is 34.5 Å². The molecular formula is C42H26N8O. The number of anilines is 2. The molecule has 2 unspecified atom stereocenters. The predicted molar refractivity (Wildman–Crippen MR) is 199 cm³/mol. The van der Waals surface area contributed by atoms with Crippen molar-refractivity contribution in [3.63, 3.8) is 0 Å². The van der Waals surface area contributed by atoms with Crippen LogP contribution in [0.3, 0.4) is 0 Å². The third-order valence-electron chi connectivity index (χ3n) is 10.1. The first-order valence-electron chi connectivity index (χ1n) is 16.8. The van der Waals surface area contributed by atoms with E-state index in [1.54, 1.807) is 37.2 Å². The van der Waals surface area contributed by atoms with E-state index in [0.717, 1.165) is 89.2 Å². The fourth-order valence-corrected chi connectivity index (χ4v) is 7.95. The van der Waals surface area contributed by atoms with Gasteiger partial charge in [0.2, 0.25) is 0 Å². The zero-order chi connectivity index (χ0) is 33.5. The summed E-state index contributed by atoms with van der Waals surface area (Å²) >= 11 is 0. The highest BCUT2D eigenvalue weighted by molar-refractivity contribution is 6.14. The zero-order valence-electron chi connectivity index (χ0n) is 27.0. The predicted octanol–water partition coefficient (Wildman–Crippen LogP) is 8.98. The molecule has 0 amide bonds. The molecule has 9 heteroatoms. The van der Waals surface area contributed by atoms with Gasteiger partial charge in [0.05, 0.1) is 69.1 Å². The molecule has 1 aliphatic heterocycles. The summed E-state index contributed by atoms with van der Waals surface area (Å²) in [6.45, 7) is 0. The highest BCUT2D eigenvalue weighted by atomic mass is 16.3. The Labute approximate surface area is 290 Å². The highest BCUT2D eigenvalue weighted by Crippen LogP contribution is 2.50. The van der Waals surface area contributed by atoms with Gasteiger partial charge in [0.15, 0.2) is 11.2 Å². The Bertz CT molecular complexity index is 2890. The monoisotopic (exact) mass is 658 g/mol. The molecule has 6 aromatic heterocycles. The lowest BCUT2D eigenvalue weighted by atomic mass is 9.90. The van der Waals surface area contributed by atoms with Gasteiger partial charge in [0.1, 0.15) is 0 Å². The number of furan rings is 1. The molecule has 0 spiro atoms. The number of aromatic nitrogens is 7. The smallest absolute Gasteiger partial charge is 0.159 e. The number of hydrogen-bond acceptors (Lipinski definition) is 8. The fraction of sp³-hybridized carbons (Fsp3) is 0.0476. The summed E-state index contributed by atoms with van der Waals surface area (Å²) in [6, 6.07) is 27.4. The van der Waals surface area contributed by atoms with Crippen LogP contribution in [-0.4, -0.2) is 40.5 Å². The summed E-state index contributed by atoms with van der Waals surface area (Å²) in [5, 5.41) is 3.14. The molecule has 51 heavy (non-hydrogen) atoms. The molecule has 9 nitrogen and oxygen atoms in total. The van der Waals surface area contributed by atoms with E-state index < -0.39 is 0 Å². The van der Waals surface area contributed by atoms with E-state index in [1.807, 2.05) is 24.5 Å². The molecular weight excluding hydrogens is 633 g/mol. The summed E-state index contributed by atoms with van der Waals surface area (Å²) in [5.41, 5.74) is 12.3. The van der Waals surface area contributed by atoms with Crippen molar-refractivity contribution < 1.29 is 4.42 Å². The molecule has 0 fully saturated rings. The van der Waals surface area contributed by atoms with Crippen molar-refractivity contribution in [2.75, 3.05) is 4.90 Å². The lowest BCUT2D eigenvalue weighted by molar-refractivity contribution is 0.661. The fourth-order valence-electron chi connectivity index (χ4n) is 7.95. The van der Waals surface area contributed by atoms with Crippen molar-refractivity contribution >= 4 is 60.8 Å². The maximum absolute atomic E-state index is 7.05. The molecule has 3 aromatic carbocycles. The van der Waals surface area contributed by atoms with E-state index >= 15 is 0 Å². The van der Waals surface area contributed by atoms with Gasteiger partial charge in [-0.05, 0) is 54.1 Å². The van der Waals surface area contributed by atoms with Crippen molar-refractivity contribution in [3.05, 3.63) is 158 Å². The van der Waals surface area contributed by atoms with E-state index in [-0.39, 0.29) is 12.0 Å². The molecule has 2 atom stereocenters. The Hall–Kier alpha value is -7.00. The number of fused-ring (bicyclic) bond motifs is 9. The number of pyridine rings is 2. The number of para-hydroxylation sites is 2. The van der Waals surface area contributed by atoms with Crippen molar-refractivity contribution in [1.29, 1.82) is 0 Å². The Morgan fingerprint density at radius 1 is 0.588 bits per heavy atom. The Balaban J connectivity index is 1.10. The second kappa shape index (κ2) is 10.8. The first kappa shape index (κ1) is 27.9. The number of benzene rings is 3. The summed E-state index contributed by atoms with van der Waals surface area (Å²) in [5.74, 6) is 0.0373. The lowest BCUT2D eigenvalue weighted by Crippen LogP contribution is -2.29. The SMILES string of the molecule is C1=CC2C(C=C1c1cnccn1)c1ncccc1N2c1cccc2c1oc1c(-n3c4ccc(-c5cnccn5)cc4c4ncccc43)cccc12. The van der Waals surface area contributed by atoms with Gasteiger partial charge in [0, 0.05) is 64.8 Å². The second-order valence-electron chi connectivity index (χ2n) is 12.8. The molecule has 0 bridgehead atoms. The molecule has 0 radical (unpaired) electrons. The molecule has 1 aliphatic carbocycles. The van der Waals surface area contributed by atoms with Crippen LogP contribution in [0.5, 0.6) is 0 Å². The van der Waals surface area contributed by atoms with E-state index in [4.69, 9.17) is 14.4 Å². The van der Waals surface area contributed by atoms with Crippen LogP contribution in [0.25, 0.3) is 66.4 Å². The van der Waals surface area contributed by atoms with Crippen LogP contribution in [0.4, 0.5) is 11.4 Å². The lowest BCUT2D eigenvalue weighted by Gasteiger charge is -2.29. The van der Waals surface area contributed by atoms with Crippen molar-refractivity contribution in [2.45, 2.75) is 12.0 Å². The molecule has 11 rings (SSSR count). The average molecular weight is 659 g/mol. The largest absolute Gasteiger partial charge is 0.452 e. The number of hydrogen-bond donors (Lipinski definition) is 0. The van der Waals surface area contributed by atoms with E-state index in [1.165, 1.54) is 0 Å². The first-order chi connectivity index (χ1) is 25.3. The molecule has 0 saturated carbocycles. The maximum atomic E-state index is 7.05. The van der Waals surface area contributed by atoms with E-state index in [2.05, 4.69) is 114 Å². The van der Waals surface area contributed by atoms with Gasteiger partial charge in [0.25, 0.3) is 0 Å².